The topological polar surface area (TPSA) is 57.6 Å². The molecule has 0 saturated heterocycles. The van der Waals surface area contributed by atoms with Crippen molar-refractivity contribution in [2.75, 3.05) is 20.2 Å². The van der Waals surface area contributed by atoms with Crippen LogP contribution in [0.15, 0.2) is 29.2 Å². The van der Waals surface area contributed by atoms with Crippen LogP contribution in [0.2, 0.25) is 0 Å². The van der Waals surface area contributed by atoms with Crippen LogP contribution < -0.4 is 0 Å². The van der Waals surface area contributed by atoms with E-state index in [1.807, 2.05) is 12.1 Å². The Bertz CT molecular complexity index is 539. The molecule has 2 unspecified atom stereocenters. The lowest BCUT2D eigenvalue weighted by Gasteiger charge is -2.17. The molecule has 1 aromatic carbocycles. The summed E-state index contributed by atoms with van der Waals surface area (Å²) in [4.78, 5) is 0.348. The summed E-state index contributed by atoms with van der Waals surface area (Å²) in [7, 11) is -1.72. The molecular formula is C15H23NO3S. The molecule has 5 heteroatoms. The molecule has 0 heterocycles. The van der Waals surface area contributed by atoms with E-state index in [-0.39, 0.29) is 6.61 Å². The van der Waals surface area contributed by atoms with Gasteiger partial charge in [0.05, 0.1) is 4.90 Å². The van der Waals surface area contributed by atoms with E-state index in [2.05, 4.69) is 6.92 Å². The molecule has 0 aliphatic heterocycles. The van der Waals surface area contributed by atoms with Gasteiger partial charge in [-0.05, 0) is 48.8 Å². The zero-order chi connectivity index (χ0) is 14.8. The zero-order valence-corrected chi connectivity index (χ0v) is 12.9. The average molecular weight is 297 g/mol. The second-order valence-electron chi connectivity index (χ2n) is 5.73. The maximum atomic E-state index is 12.4. The van der Waals surface area contributed by atoms with E-state index >= 15 is 0 Å². The molecule has 112 valence electrons. The lowest BCUT2D eigenvalue weighted by molar-refractivity contribution is 0.288. The van der Waals surface area contributed by atoms with Crippen molar-refractivity contribution in [1.82, 2.24) is 4.31 Å². The molecule has 1 fully saturated rings. The molecule has 0 aromatic heterocycles. The normalized spacial score (nSPS) is 22.2. The van der Waals surface area contributed by atoms with Crippen molar-refractivity contribution in [3.63, 3.8) is 0 Å². The molecule has 2 rings (SSSR count). The van der Waals surface area contributed by atoms with Crippen molar-refractivity contribution in [1.29, 1.82) is 0 Å². The lowest BCUT2D eigenvalue weighted by atomic mass is 10.1. The summed E-state index contributed by atoms with van der Waals surface area (Å²) in [6.45, 7) is 2.92. The molecular weight excluding hydrogens is 274 g/mol. The van der Waals surface area contributed by atoms with Crippen molar-refractivity contribution in [3.05, 3.63) is 29.8 Å². The number of aliphatic hydroxyl groups excluding tert-OH is 1. The molecule has 1 saturated carbocycles. The predicted octanol–water partition coefficient (Wildman–Crippen LogP) is 1.89. The van der Waals surface area contributed by atoms with Crippen LogP contribution in [-0.2, 0) is 16.4 Å². The van der Waals surface area contributed by atoms with E-state index in [0.29, 0.717) is 29.7 Å². The lowest BCUT2D eigenvalue weighted by Crippen LogP contribution is -2.29. The summed E-state index contributed by atoms with van der Waals surface area (Å²) in [5.74, 6) is 1.16. The van der Waals surface area contributed by atoms with Gasteiger partial charge < -0.3 is 5.11 Å². The van der Waals surface area contributed by atoms with Crippen LogP contribution in [0.5, 0.6) is 0 Å². The maximum Gasteiger partial charge on any atom is 0.242 e. The summed E-state index contributed by atoms with van der Waals surface area (Å²) in [5, 5.41) is 8.79. The minimum Gasteiger partial charge on any atom is -0.396 e. The van der Waals surface area contributed by atoms with Gasteiger partial charge in [-0.3, -0.25) is 0 Å². The summed E-state index contributed by atoms with van der Waals surface area (Å²) in [6, 6.07) is 6.98. The highest BCUT2D eigenvalue weighted by Gasteiger charge is 2.36. The minimum absolute atomic E-state index is 0.155. The second-order valence-corrected chi connectivity index (χ2v) is 7.77. The molecule has 0 bridgehead atoms. The predicted molar refractivity (Wildman–Crippen MR) is 78.9 cm³/mol. The number of aliphatic hydroxyl groups is 1. The van der Waals surface area contributed by atoms with Gasteiger partial charge >= 0.3 is 0 Å². The highest BCUT2D eigenvalue weighted by Crippen LogP contribution is 2.38. The SMILES string of the molecule is CC1CC1CN(C)S(=O)(=O)c1ccc(CCCO)cc1. The number of aryl methyl sites for hydroxylation is 1. The Balaban J connectivity index is 2.04. The molecule has 20 heavy (non-hydrogen) atoms. The van der Waals surface area contributed by atoms with Gasteiger partial charge in [-0.1, -0.05) is 19.1 Å². The van der Waals surface area contributed by atoms with Gasteiger partial charge in [0.15, 0.2) is 0 Å². The fourth-order valence-electron chi connectivity index (χ4n) is 2.37. The Labute approximate surface area is 121 Å². The maximum absolute atomic E-state index is 12.4. The van der Waals surface area contributed by atoms with E-state index in [1.54, 1.807) is 19.2 Å². The number of nitrogens with zero attached hydrogens (tertiary/aromatic N) is 1. The van der Waals surface area contributed by atoms with Crippen LogP contribution in [0.1, 0.15) is 25.3 Å². The van der Waals surface area contributed by atoms with Crippen molar-refractivity contribution < 1.29 is 13.5 Å². The third-order valence-corrected chi connectivity index (χ3v) is 5.86. The largest absolute Gasteiger partial charge is 0.396 e. The van der Waals surface area contributed by atoms with Crippen molar-refractivity contribution in [2.24, 2.45) is 11.8 Å². The smallest absolute Gasteiger partial charge is 0.242 e. The summed E-state index contributed by atoms with van der Waals surface area (Å²) in [6.07, 6.45) is 2.60. The van der Waals surface area contributed by atoms with Crippen molar-refractivity contribution in [3.8, 4) is 0 Å². The Kier molecular flexibility index (Phi) is 4.83. The van der Waals surface area contributed by atoms with Gasteiger partial charge in [-0.2, -0.15) is 0 Å². The Morgan fingerprint density at radius 3 is 2.40 bits per heavy atom. The summed E-state index contributed by atoms with van der Waals surface area (Å²) in [5.41, 5.74) is 1.05. The summed E-state index contributed by atoms with van der Waals surface area (Å²) >= 11 is 0. The fourth-order valence-corrected chi connectivity index (χ4v) is 3.60. The first-order valence-corrected chi connectivity index (χ1v) is 8.55. The molecule has 0 amide bonds. The number of benzene rings is 1. The fraction of sp³-hybridized carbons (Fsp3) is 0.600. The van der Waals surface area contributed by atoms with Gasteiger partial charge in [0.2, 0.25) is 10.0 Å². The van der Waals surface area contributed by atoms with Crippen molar-refractivity contribution >= 4 is 10.0 Å². The third-order valence-electron chi connectivity index (χ3n) is 4.02. The van der Waals surface area contributed by atoms with Gasteiger partial charge in [-0.25, -0.2) is 12.7 Å². The van der Waals surface area contributed by atoms with Crippen LogP contribution in [0.25, 0.3) is 0 Å². The molecule has 1 aliphatic carbocycles. The highest BCUT2D eigenvalue weighted by molar-refractivity contribution is 7.89. The highest BCUT2D eigenvalue weighted by atomic mass is 32.2. The van der Waals surface area contributed by atoms with Gasteiger partial charge in [0.1, 0.15) is 0 Å². The summed E-state index contributed by atoms with van der Waals surface area (Å²) < 4.78 is 26.3. The minimum atomic E-state index is -3.37. The third kappa shape index (κ3) is 3.59. The van der Waals surface area contributed by atoms with Crippen LogP contribution in [0.4, 0.5) is 0 Å². The first-order valence-electron chi connectivity index (χ1n) is 7.11. The first kappa shape index (κ1) is 15.5. The Hall–Kier alpha value is -0.910. The molecule has 1 N–H and O–H groups in total. The average Bonchev–Trinajstić information content (AvgIpc) is 3.12. The number of hydrogen-bond donors (Lipinski definition) is 1. The number of rotatable bonds is 7. The van der Waals surface area contributed by atoms with Crippen LogP contribution in [0, 0.1) is 11.8 Å². The van der Waals surface area contributed by atoms with Gasteiger partial charge in [0.25, 0.3) is 0 Å². The molecule has 1 aliphatic rings. The van der Waals surface area contributed by atoms with E-state index in [4.69, 9.17) is 5.11 Å². The standard InChI is InChI=1S/C15H23NO3S/c1-12-10-14(12)11-16(2)20(18,19)15-7-5-13(6-8-15)4-3-9-17/h5-8,12,14,17H,3-4,9-11H2,1-2H3. The zero-order valence-electron chi connectivity index (χ0n) is 12.1. The molecule has 1 aromatic rings. The van der Waals surface area contributed by atoms with E-state index in [1.165, 1.54) is 4.31 Å². The Morgan fingerprint density at radius 2 is 1.90 bits per heavy atom. The van der Waals surface area contributed by atoms with E-state index in [9.17, 15) is 8.42 Å². The van der Waals surface area contributed by atoms with Gasteiger partial charge in [0, 0.05) is 20.2 Å². The monoisotopic (exact) mass is 297 g/mol. The number of hydrogen-bond acceptors (Lipinski definition) is 3. The quantitative estimate of drug-likeness (QED) is 0.836. The van der Waals surface area contributed by atoms with E-state index < -0.39 is 10.0 Å². The molecule has 2 atom stereocenters. The van der Waals surface area contributed by atoms with E-state index in [0.717, 1.165) is 18.4 Å². The van der Waals surface area contributed by atoms with Gasteiger partial charge in [-0.15, -0.1) is 0 Å². The molecule has 0 radical (unpaired) electrons. The first-order chi connectivity index (χ1) is 9.45. The second kappa shape index (κ2) is 6.24. The number of sulfonamides is 1. The molecule has 4 nitrogen and oxygen atoms in total. The Morgan fingerprint density at radius 1 is 1.30 bits per heavy atom. The van der Waals surface area contributed by atoms with Crippen LogP contribution >= 0.6 is 0 Å². The molecule has 0 spiro atoms. The van der Waals surface area contributed by atoms with Crippen LogP contribution in [0.3, 0.4) is 0 Å². The van der Waals surface area contributed by atoms with Crippen LogP contribution in [-0.4, -0.2) is 38.0 Å². The van der Waals surface area contributed by atoms with Crippen molar-refractivity contribution in [2.45, 2.75) is 31.1 Å².